The van der Waals surface area contributed by atoms with Crippen LogP contribution in [0.4, 0.5) is 0 Å². The first-order valence-corrected chi connectivity index (χ1v) is 1.63. The molecule has 0 aromatic carbocycles. The van der Waals surface area contributed by atoms with Crippen molar-refractivity contribution >= 4 is 6.47 Å². The first kappa shape index (κ1) is 15.7. The monoisotopic (exact) mass is 116 g/mol. The van der Waals surface area contributed by atoms with Crippen LogP contribution in [0.25, 0.3) is 0 Å². The fraction of sp³-hybridized carbons (Fsp3) is 0.667. The Balaban J connectivity index is -0.0000000233. The minimum Gasteiger partial charge on any atom is -1.00 e. The fourth-order valence-electron chi connectivity index (χ4n) is 0. The summed E-state index contributed by atoms with van der Waals surface area (Å²) in [4.78, 5) is 8.36. The molecule has 0 fully saturated rings. The SMILES string of the molecule is O=CO.OCCO.[H-].[Li+]. The van der Waals surface area contributed by atoms with Crippen LogP contribution in [-0.4, -0.2) is 35.0 Å². The van der Waals surface area contributed by atoms with Crippen molar-refractivity contribution in [3.05, 3.63) is 0 Å². The van der Waals surface area contributed by atoms with Crippen molar-refractivity contribution in [2.45, 2.75) is 0 Å². The molecule has 0 heterocycles. The average Bonchev–Trinajstić information content (AvgIpc) is 1.69. The van der Waals surface area contributed by atoms with Gasteiger partial charge in [0.25, 0.3) is 6.47 Å². The molecule has 0 unspecified atom stereocenters. The van der Waals surface area contributed by atoms with Gasteiger partial charge in [-0.15, -0.1) is 0 Å². The van der Waals surface area contributed by atoms with Crippen molar-refractivity contribution in [1.29, 1.82) is 0 Å². The van der Waals surface area contributed by atoms with Gasteiger partial charge >= 0.3 is 18.9 Å². The third-order valence-electron chi connectivity index (χ3n) is 0.1000. The van der Waals surface area contributed by atoms with E-state index in [0.717, 1.165) is 0 Å². The third kappa shape index (κ3) is 153. The summed E-state index contributed by atoms with van der Waals surface area (Å²) in [6.07, 6.45) is 0. The third-order valence-corrected chi connectivity index (χ3v) is 0.1000. The quantitative estimate of drug-likeness (QED) is 0.240. The minimum absolute atomic E-state index is 0. The number of hydrogen-bond donors (Lipinski definition) is 3. The van der Waals surface area contributed by atoms with E-state index in [2.05, 4.69) is 0 Å². The second kappa shape index (κ2) is 28.1. The Morgan fingerprint density at radius 3 is 1.50 bits per heavy atom. The van der Waals surface area contributed by atoms with Gasteiger partial charge in [-0.1, -0.05) is 0 Å². The van der Waals surface area contributed by atoms with Crippen LogP contribution < -0.4 is 18.9 Å². The first-order valence-electron chi connectivity index (χ1n) is 1.63. The van der Waals surface area contributed by atoms with Crippen LogP contribution in [-0.2, 0) is 4.79 Å². The second-order valence-electron chi connectivity index (χ2n) is 0.553. The molecule has 0 rings (SSSR count). The molecule has 3 N–H and O–H groups in total. The Hall–Kier alpha value is -0.0126. The van der Waals surface area contributed by atoms with Gasteiger partial charge in [-0.25, -0.2) is 0 Å². The predicted octanol–water partition coefficient (Wildman–Crippen LogP) is -4.21. The van der Waals surface area contributed by atoms with Gasteiger partial charge in [0.05, 0.1) is 13.2 Å². The fourth-order valence-corrected chi connectivity index (χ4v) is 0. The summed E-state index contributed by atoms with van der Waals surface area (Å²) >= 11 is 0. The van der Waals surface area contributed by atoms with Crippen LogP contribution in [0.15, 0.2) is 0 Å². The maximum Gasteiger partial charge on any atom is 1.00 e. The Morgan fingerprint density at radius 2 is 1.50 bits per heavy atom. The van der Waals surface area contributed by atoms with Crippen LogP contribution in [0.5, 0.6) is 0 Å². The van der Waals surface area contributed by atoms with E-state index < -0.39 is 0 Å². The van der Waals surface area contributed by atoms with Gasteiger partial charge in [0.15, 0.2) is 0 Å². The van der Waals surface area contributed by atoms with Crippen molar-refractivity contribution in [2.75, 3.05) is 13.2 Å². The summed E-state index contributed by atoms with van der Waals surface area (Å²) in [5, 5.41) is 22.1. The zero-order chi connectivity index (χ0) is 6.12. The maximum absolute atomic E-state index is 8.36. The first-order chi connectivity index (χ1) is 3.33. The summed E-state index contributed by atoms with van der Waals surface area (Å²) in [6.45, 7) is -0.500. The van der Waals surface area contributed by atoms with Crippen molar-refractivity contribution in [3.8, 4) is 0 Å². The van der Waals surface area contributed by atoms with E-state index in [1.165, 1.54) is 0 Å². The van der Waals surface area contributed by atoms with E-state index in [0.29, 0.717) is 0 Å². The van der Waals surface area contributed by atoms with Gasteiger partial charge in [-0.05, 0) is 0 Å². The molecule has 0 spiro atoms. The van der Waals surface area contributed by atoms with Gasteiger partial charge < -0.3 is 16.7 Å². The average molecular weight is 116 g/mol. The van der Waals surface area contributed by atoms with Crippen LogP contribution >= 0.6 is 0 Å². The molecule has 4 nitrogen and oxygen atoms in total. The van der Waals surface area contributed by atoms with Gasteiger partial charge in [-0.2, -0.15) is 0 Å². The molecule has 0 radical (unpaired) electrons. The smallest absolute Gasteiger partial charge is 1.00 e. The van der Waals surface area contributed by atoms with E-state index in [9.17, 15) is 0 Å². The van der Waals surface area contributed by atoms with Crippen LogP contribution in [0.3, 0.4) is 0 Å². The summed E-state index contributed by atoms with van der Waals surface area (Å²) in [5.41, 5.74) is 0. The molecule has 0 aromatic heterocycles. The minimum atomic E-state index is -0.250. The maximum atomic E-state index is 8.36. The van der Waals surface area contributed by atoms with Crippen molar-refractivity contribution < 1.29 is 40.4 Å². The molecule has 0 amide bonds. The molecule has 0 aliphatic rings. The largest absolute Gasteiger partial charge is 1.00 e. The molecule has 0 atom stereocenters. The standard InChI is InChI=1S/C2H6O2.CH2O2.Li.H/c3-1-2-4;2-1-3;;/h3-4H,1-2H2;1H,(H,2,3);;/q;;+1;-1. The molecular weight excluding hydrogens is 107 g/mol. The summed E-state index contributed by atoms with van der Waals surface area (Å²) in [6, 6.07) is 0. The van der Waals surface area contributed by atoms with E-state index in [1.807, 2.05) is 0 Å². The molecule has 0 saturated heterocycles. The van der Waals surface area contributed by atoms with E-state index >= 15 is 0 Å². The van der Waals surface area contributed by atoms with Gasteiger partial charge in [0, 0.05) is 0 Å². The van der Waals surface area contributed by atoms with Crippen LogP contribution in [0, 0.1) is 0 Å². The Morgan fingerprint density at radius 1 is 1.38 bits per heavy atom. The van der Waals surface area contributed by atoms with Crippen molar-refractivity contribution in [3.63, 3.8) is 0 Å². The number of aliphatic hydroxyl groups excluding tert-OH is 2. The van der Waals surface area contributed by atoms with Gasteiger partial charge in [-0.3, -0.25) is 4.79 Å². The number of carbonyl (C=O) groups is 1. The van der Waals surface area contributed by atoms with E-state index in [4.69, 9.17) is 20.1 Å². The Bertz CT molecular complexity index is 35.0. The van der Waals surface area contributed by atoms with E-state index in [-0.39, 0.29) is 40.0 Å². The molecule has 0 saturated carbocycles. The molecule has 0 aliphatic carbocycles. The second-order valence-corrected chi connectivity index (χ2v) is 0.553. The molecule has 0 aliphatic heterocycles. The zero-order valence-corrected chi connectivity index (χ0v) is 4.74. The Kier molecular flexibility index (Phi) is 55.0. The molecule has 46 valence electrons. The molecular formula is C3H9LiO4. The van der Waals surface area contributed by atoms with Crippen molar-refractivity contribution in [1.82, 2.24) is 0 Å². The van der Waals surface area contributed by atoms with Gasteiger partial charge in [0.1, 0.15) is 0 Å². The number of hydrogen-bond acceptors (Lipinski definition) is 3. The molecule has 8 heavy (non-hydrogen) atoms. The van der Waals surface area contributed by atoms with Gasteiger partial charge in [0.2, 0.25) is 0 Å². The number of carboxylic acid groups (broad SMARTS) is 1. The summed E-state index contributed by atoms with van der Waals surface area (Å²) < 4.78 is 0. The summed E-state index contributed by atoms with van der Waals surface area (Å²) in [5.74, 6) is 0. The Labute approximate surface area is 60.8 Å². The number of aliphatic hydroxyl groups is 2. The number of rotatable bonds is 1. The van der Waals surface area contributed by atoms with E-state index in [1.54, 1.807) is 0 Å². The predicted molar refractivity (Wildman–Crippen MR) is 24.0 cm³/mol. The topological polar surface area (TPSA) is 77.8 Å². The molecule has 5 heteroatoms. The summed E-state index contributed by atoms with van der Waals surface area (Å²) in [7, 11) is 0. The van der Waals surface area contributed by atoms with Crippen molar-refractivity contribution in [2.24, 2.45) is 0 Å². The molecule has 0 bridgehead atoms. The zero-order valence-electron chi connectivity index (χ0n) is 5.74. The molecule has 0 aromatic rings. The normalized spacial score (nSPS) is 5.25. The van der Waals surface area contributed by atoms with Crippen LogP contribution in [0.2, 0.25) is 0 Å². The van der Waals surface area contributed by atoms with Crippen LogP contribution in [0.1, 0.15) is 1.43 Å².